The van der Waals surface area contributed by atoms with Gasteiger partial charge >= 0.3 is 11.7 Å². The molecule has 0 aliphatic carbocycles. The fraction of sp³-hybridized carbons (Fsp3) is 0.500. The van der Waals surface area contributed by atoms with Crippen molar-refractivity contribution in [2.75, 3.05) is 0 Å². The van der Waals surface area contributed by atoms with Crippen LogP contribution in [0.1, 0.15) is 30.6 Å². The smallest absolute Gasteiger partial charge is 0.328 e. The zero-order valence-corrected chi connectivity index (χ0v) is 11.5. The fourth-order valence-corrected chi connectivity index (χ4v) is 1.66. The summed E-state index contributed by atoms with van der Waals surface area (Å²) in [7, 11) is 1.22. The molecule has 1 unspecified atom stereocenters. The highest BCUT2D eigenvalue weighted by atomic mass is 16.4. The second-order valence-corrected chi connectivity index (χ2v) is 4.87. The first-order valence-electron chi connectivity index (χ1n) is 6.06. The number of nitrogens with one attached hydrogen (secondary N) is 2. The van der Waals surface area contributed by atoms with E-state index < -0.39 is 29.2 Å². The normalized spacial score (nSPS) is 12.2. The number of carboxylic acids is 1. The number of aromatic amines is 1. The molecule has 1 aromatic rings. The molecule has 0 fully saturated rings. The SMILES string of the molecule is CC(C)CC(NC(=O)c1c[nH]c(=O)n(C)c1=O)C(=O)O. The van der Waals surface area contributed by atoms with Gasteiger partial charge in [-0.1, -0.05) is 13.8 Å². The van der Waals surface area contributed by atoms with Crippen molar-refractivity contribution in [2.45, 2.75) is 26.3 Å². The number of amides is 1. The molecule has 8 heteroatoms. The summed E-state index contributed by atoms with van der Waals surface area (Å²) in [5.74, 6) is -1.93. The highest BCUT2D eigenvalue weighted by Crippen LogP contribution is 2.05. The molecule has 1 amide bonds. The maximum absolute atomic E-state index is 11.9. The number of H-pyrrole nitrogens is 1. The van der Waals surface area contributed by atoms with Gasteiger partial charge in [-0.2, -0.15) is 0 Å². The Morgan fingerprint density at radius 3 is 2.50 bits per heavy atom. The molecule has 1 heterocycles. The van der Waals surface area contributed by atoms with E-state index in [1.165, 1.54) is 7.05 Å². The number of hydrogen-bond acceptors (Lipinski definition) is 4. The first kappa shape index (κ1) is 15.7. The first-order chi connectivity index (χ1) is 9.23. The van der Waals surface area contributed by atoms with Crippen molar-refractivity contribution < 1.29 is 14.7 Å². The lowest BCUT2D eigenvalue weighted by molar-refractivity contribution is -0.139. The molecule has 0 aliphatic rings. The minimum atomic E-state index is -1.17. The lowest BCUT2D eigenvalue weighted by Crippen LogP contribution is -2.45. The molecule has 110 valence electrons. The van der Waals surface area contributed by atoms with Gasteiger partial charge in [0.15, 0.2) is 0 Å². The van der Waals surface area contributed by atoms with Crippen molar-refractivity contribution in [3.8, 4) is 0 Å². The second kappa shape index (κ2) is 6.18. The predicted molar refractivity (Wildman–Crippen MR) is 70.6 cm³/mol. The number of aliphatic carboxylic acids is 1. The maximum atomic E-state index is 11.9. The van der Waals surface area contributed by atoms with Gasteiger partial charge in [0, 0.05) is 13.2 Å². The van der Waals surface area contributed by atoms with Crippen molar-refractivity contribution in [3.63, 3.8) is 0 Å². The van der Waals surface area contributed by atoms with Gasteiger partial charge < -0.3 is 15.4 Å². The van der Waals surface area contributed by atoms with Crippen LogP contribution < -0.4 is 16.6 Å². The number of carbonyl (C=O) groups excluding carboxylic acids is 1. The van der Waals surface area contributed by atoms with E-state index in [4.69, 9.17) is 5.11 Å². The topological polar surface area (TPSA) is 121 Å². The van der Waals surface area contributed by atoms with E-state index in [1.54, 1.807) is 0 Å². The van der Waals surface area contributed by atoms with Gasteiger partial charge in [0.1, 0.15) is 11.6 Å². The van der Waals surface area contributed by atoms with E-state index in [9.17, 15) is 19.2 Å². The third-order valence-corrected chi connectivity index (χ3v) is 2.73. The Bertz CT molecular complexity index is 629. The van der Waals surface area contributed by atoms with Gasteiger partial charge in [-0.3, -0.25) is 14.2 Å². The molecule has 1 atom stereocenters. The molecule has 20 heavy (non-hydrogen) atoms. The van der Waals surface area contributed by atoms with Crippen molar-refractivity contribution in [3.05, 3.63) is 32.6 Å². The highest BCUT2D eigenvalue weighted by molar-refractivity contribution is 5.95. The quantitative estimate of drug-likeness (QED) is 0.660. The van der Waals surface area contributed by atoms with Crippen LogP contribution in [0, 0.1) is 5.92 Å². The summed E-state index contributed by atoms with van der Waals surface area (Å²) in [5, 5.41) is 11.3. The molecule has 1 rings (SSSR count). The molecule has 0 bridgehead atoms. The zero-order chi connectivity index (χ0) is 15.4. The van der Waals surface area contributed by atoms with Crippen molar-refractivity contribution in [2.24, 2.45) is 13.0 Å². The minimum absolute atomic E-state index is 0.0646. The zero-order valence-electron chi connectivity index (χ0n) is 11.5. The summed E-state index contributed by atoms with van der Waals surface area (Å²) < 4.78 is 0.743. The van der Waals surface area contributed by atoms with Crippen LogP contribution in [0.3, 0.4) is 0 Å². The summed E-state index contributed by atoms with van der Waals surface area (Å²) >= 11 is 0. The lowest BCUT2D eigenvalue weighted by atomic mass is 10.0. The molecule has 0 radical (unpaired) electrons. The Morgan fingerprint density at radius 2 is 2.00 bits per heavy atom. The van der Waals surface area contributed by atoms with Gasteiger partial charge in [0.05, 0.1) is 0 Å². The van der Waals surface area contributed by atoms with Gasteiger partial charge in [0.2, 0.25) is 0 Å². The van der Waals surface area contributed by atoms with E-state index in [0.29, 0.717) is 0 Å². The van der Waals surface area contributed by atoms with Crippen LogP contribution in [0.5, 0.6) is 0 Å². The van der Waals surface area contributed by atoms with Crippen molar-refractivity contribution >= 4 is 11.9 Å². The van der Waals surface area contributed by atoms with Crippen LogP contribution in [0.2, 0.25) is 0 Å². The summed E-state index contributed by atoms with van der Waals surface area (Å²) in [6, 6.07) is -1.08. The van der Waals surface area contributed by atoms with Crippen molar-refractivity contribution in [1.29, 1.82) is 0 Å². The van der Waals surface area contributed by atoms with Gasteiger partial charge in [0.25, 0.3) is 11.5 Å². The molecule has 0 saturated heterocycles. The summed E-state index contributed by atoms with van der Waals surface area (Å²) in [4.78, 5) is 48.1. The number of carbonyl (C=O) groups is 2. The molecule has 0 aliphatic heterocycles. The fourth-order valence-electron chi connectivity index (χ4n) is 1.66. The molecule has 8 nitrogen and oxygen atoms in total. The molecule has 1 aromatic heterocycles. The largest absolute Gasteiger partial charge is 0.480 e. The summed E-state index contributed by atoms with van der Waals surface area (Å²) in [5.41, 5.74) is -1.73. The molecule has 0 aromatic carbocycles. The molecule has 0 saturated carbocycles. The predicted octanol–water partition coefficient (Wildman–Crippen LogP) is -0.697. The van der Waals surface area contributed by atoms with Crippen molar-refractivity contribution in [1.82, 2.24) is 14.9 Å². The van der Waals surface area contributed by atoms with Crippen LogP contribution in [0.25, 0.3) is 0 Å². The van der Waals surface area contributed by atoms with Crippen LogP contribution in [0.4, 0.5) is 0 Å². The number of nitrogens with zero attached hydrogens (tertiary/aromatic N) is 1. The Hall–Kier alpha value is -2.38. The number of hydrogen-bond donors (Lipinski definition) is 3. The highest BCUT2D eigenvalue weighted by Gasteiger charge is 2.23. The van der Waals surface area contributed by atoms with E-state index in [-0.39, 0.29) is 17.9 Å². The van der Waals surface area contributed by atoms with Crippen LogP contribution >= 0.6 is 0 Å². The van der Waals surface area contributed by atoms with Gasteiger partial charge in [-0.25, -0.2) is 9.59 Å². The molecule has 3 N–H and O–H groups in total. The second-order valence-electron chi connectivity index (χ2n) is 4.87. The Labute approximate surface area is 114 Å². The van der Waals surface area contributed by atoms with Gasteiger partial charge in [-0.15, -0.1) is 0 Å². The Kier molecular flexibility index (Phi) is 4.84. The summed E-state index contributed by atoms with van der Waals surface area (Å²) in [6.45, 7) is 3.64. The van der Waals surface area contributed by atoms with Crippen LogP contribution in [-0.2, 0) is 11.8 Å². The maximum Gasteiger partial charge on any atom is 0.328 e. The third-order valence-electron chi connectivity index (χ3n) is 2.73. The Morgan fingerprint density at radius 1 is 1.40 bits per heavy atom. The number of rotatable bonds is 5. The van der Waals surface area contributed by atoms with E-state index >= 15 is 0 Å². The van der Waals surface area contributed by atoms with Crippen LogP contribution in [0.15, 0.2) is 15.8 Å². The third kappa shape index (κ3) is 3.56. The molecule has 0 spiro atoms. The Balaban J connectivity index is 3.01. The van der Waals surface area contributed by atoms with E-state index in [1.807, 2.05) is 13.8 Å². The summed E-state index contributed by atoms with van der Waals surface area (Å²) in [6.07, 6.45) is 1.22. The number of aromatic nitrogens is 2. The monoisotopic (exact) mass is 283 g/mol. The van der Waals surface area contributed by atoms with E-state index in [2.05, 4.69) is 10.3 Å². The van der Waals surface area contributed by atoms with Gasteiger partial charge in [-0.05, 0) is 12.3 Å². The average molecular weight is 283 g/mol. The lowest BCUT2D eigenvalue weighted by Gasteiger charge is -2.16. The molecular formula is C12H17N3O5. The minimum Gasteiger partial charge on any atom is -0.480 e. The average Bonchev–Trinajstić information content (AvgIpc) is 2.34. The van der Waals surface area contributed by atoms with Crippen LogP contribution in [-0.4, -0.2) is 32.6 Å². The van der Waals surface area contributed by atoms with E-state index in [0.717, 1.165) is 10.8 Å². The first-order valence-corrected chi connectivity index (χ1v) is 6.06. The standard InChI is InChI=1S/C12H17N3O5/c1-6(2)4-8(11(18)19)14-9(16)7-5-13-12(20)15(3)10(7)17/h5-6,8H,4H2,1-3H3,(H,13,20)(H,14,16)(H,18,19). The molecular weight excluding hydrogens is 266 g/mol. The number of carboxylic acid groups (broad SMARTS) is 1.